The highest BCUT2D eigenvalue weighted by molar-refractivity contribution is 5.87. The summed E-state index contributed by atoms with van der Waals surface area (Å²) in [5.74, 6) is 1.22. The predicted octanol–water partition coefficient (Wildman–Crippen LogP) is 2.15. The highest BCUT2D eigenvalue weighted by Gasteiger charge is 2.21. The number of aryl methyl sites for hydroxylation is 1. The Kier molecular flexibility index (Phi) is 2.89. The van der Waals surface area contributed by atoms with Crippen molar-refractivity contribution < 1.29 is 4.39 Å². The number of alkyl halides is 1. The molecule has 2 aromatic rings. The van der Waals surface area contributed by atoms with E-state index >= 15 is 0 Å². The number of aromatic nitrogens is 3. The Morgan fingerprint density at radius 3 is 2.83 bits per heavy atom. The first-order valence-electron chi connectivity index (χ1n) is 6.36. The summed E-state index contributed by atoms with van der Waals surface area (Å²) in [6.45, 7) is 1.57. The van der Waals surface area contributed by atoms with E-state index in [9.17, 15) is 4.39 Å². The van der Waals surface area contributed by atoms with Gasteiger partial charge in [0, 0.05) is 26.3 Å². The third kappa shape index (κ3) is 1.83. The number of fused-ring (bicyclic) bond motifs is 1. The molecule has 0 atom stereocenters. The first-order chi connectivity index (χ1) is 8.79. The van der Waals surface area contributed by atoms with Crippen LogP contribution in [0.5, 0.6) is 0 Å². The Labute approximate surface area is 105 Å². The average molecular weight is 248 g/mol. The molecule has 0 spiro atoms. The van der Waals surface area contributed by atoms with E-state index in [1.807, 2.05) is 23.9 Å². The minimum atomic E-state index is -0.196. The number of hydrogen-bond acceptors (Lipinski definition) is 3. The van der Waals surface area contributed by atoms with Gasteiger partial charge in [-0.25, -0.2) is 9.97 Å². The van der Waals surface area contributed by atoms with E-state index < -0.39 is 0 Å². The smallest absolute Gasteiger partial charge is 0.145 e. The van der Waals surface area contributed by atoms with Crippen LogP contribution in [0, 0.1) is 5.92 Å². The topological polar surface area (TPSA) is 34.0 Å². The van der Waals surface area contributed by atoms with Gasteiger partial charge in [-0.05, 0) is 24.8 Å². The molecular weight excluding hydrogens is 231 g/mol. The molecule has 2 aromatic heterocycles. The normalized spacial score (nSPS) is 17.6. The van der Waals surface area contributed by atoms with Crippen molar-refractivity contribution in [2.75, 3.05) is 24.7 Å². The summed E-state index contributed by atoms with van der Waals surface area (Å²) in [4.78, 5) is 10.9. The predicted molar refractivity (Wildman–Crippen MR) is 69.4 cm³/mol. The maximum absolute atomic E-state index is 12.6. The minimum Gasteiger partial charge on any atom is -0.356 e. The molecule has 0 unspecified atom stereocenters. The first kappa shape index (κ1) is 11.4. The molecule has 0 aromatic carbocycles. The van der Waals surface area contributed by atoms with E-state index in [4.69, 9.17) is 0 Å². The maximum atomic E-state index is 12.6. The van der Waals surface area contributed by atoms with Crippen molar-refractivity contribution in [3.63, 3.8) is 0 Å². The fraction of sp³-hybridized carbons (Fsp3) is 0.538. The van der Waals surface area contributed by atoms with Gasteiger partial charge in [-0.1, -0.05) is 0 Å². The van der Waals surface area contributed by atoms with Gasteiger partial charge in [0.25, 0.3) is 0 Å². The van der Waals surface area contributed by atoms with Gasteiger partial charge in [0.05, 0.1) is 12.1 Å². The molecule has 1 fully saturated rings. The van der Waals surface area contributed by atoms with E-state index in [1.165, 1.54) is 0 Å². The van der Waals surface area contributed by atoms with Crippen LogP contribution < -0.4 is 4.90 Å². The second-order valence-corrected chi connectivity index (χ2v) is 4.95. The number of piperidine rings is 1. The Hall–Kier alpha value is -1.65. The van der Waals surface area contributed by atoms with Gasteiger partial charge >= 0.3 is 0 Å². The molecule has 0 radical (unpaired) electrons. The summed E-state index contributed by atoms with van der Waals surface area (Å²) < 4.78 is 14.6. The van der Waals surface area contributed by atoms with Gasteiger partial charge in [-0.3, -0.25) is 4.39 Å². The van der Waals surface area contributed by atoms with Crippen molar-refractivity contribution in [1.82, 2.24) is 14.5 Å². The van der Waals surface area contributed by atoms with Crippen molar-refractivity contribution in [2.24, 2.45) is 13.0 Å². The summed E-state index contributed by atoms with van der Waals surface area (Å²) in [6, 6.07) is 2.05. The van der Waals surface area contributed by atoms with Crippen molar-refractivity contribution in [3.05, 3.63) is 18.6 Å². The Bertz CT molecular complexity index is 543. The second kappa shape index (κ2) is 4.55. The van der Waals surface area contributed by atoms with E-state index in [1.54, 1.807) is 6.33 Å². The molecule has 0 amide bonds. The van der Waals surface area contributed by atoms with Crippen LogP contribution in [0.2, 0.25) is 0 Å². The summed E-state index contributed by atoms with van der Waals surface area (Å²) in [6.07, 6.45) is 5.43. The maximum Gasteiger partial charge on any atom is 0.145 e. The van der Waals surface area contributed by atoms with Crippen LogP contribution in [-0.2, 0) is 7.05 Å². The van der Waals surface area contributed by atoms with Crippen molar-refractivity contribution in [1.29, 1.82) is 0 Å². The number of halogens is 1. The molecule has 0 saturated carbocycles. The van der Waals surface area contributed by atoms with Crippen LogP contribution in [-0.4, -0.2) is 34.3 Å². The van der Waals surface area contributed by atoms with E-state index in [0.29, 0.717) is 0 Å². The minimum absolute atomic E-state index is 0.196. The molecule has 3 heterocycles. The highest BCUT2D eigenvalue weighted by Crippen LogP contribution is 2.27. The Balaban J connectivity index is 1.91. The molecule has 0 aliphatic carbocycles. The zero-order chi connectivity index (χ0) is 12.5. The van der Waals surface area contributed by atoms with E-state index in [-0.39, 0.29) is 12.6 Å². The molecule has 5 heteroatoms. The summed E-state index contributed by atoms with van der Waals surface area (Å²) in [5, 5.41) is 1.08. The van der Waals surface area contributed by atoms with Crippen LogP contribution in [0.3, 0.4) is 0 Å². The lowest BCUT2D eigenvalue weighted by atomic mass is 9.98. The summed E-state index contributed by atoms with van der Waals surface area (Å²) >= 11 is 0. The van der Waals surface area contributed by atoms with Crippen LogP contribution in [0.25, 0.3) is 11.0 Å². The molecular formula is C13H17FN4. The first-order valence-corrected chi connectivity index (χ1v) is 6.36. The Morgan fingerprint density at radius 1 is 1.33 bits per heavy atom. The fourth-order valence-corrected chi connectivity index (χ4v) is 2.62. The lowest BCUT2D eigenvalue weighted by Gasteiger charge is -2.31. The molecule has 1 aliphatic heterocycles. The highest BCUT2D eigenvalue weighted by atomic mass is 19.1. The molecule has 0 N–H and O–H groups in total. The van der Waals surface area contributed by atoms with Gasteiger partial charge in [0.15, 0.2) is 0 Å². The Morgan fingerprint density at radius 2 is 2.11 bits per heavy atom. The molecule has 1 saturated heterocycles. The van der Waals surface area contributed by atoms with Crippen LogP contribution in [0.1, 0.15) is 12.8 Å². The monoisotopic (exact) mass is 248 g/mol. The average Bonchev–Trinajstić information content (AvgIpc) is 2.81. The van der Waals surface area contributed by atoms with Gasteiger partial charge in [0.2, 0.25) is 0 Å². The third-order valence-electron chi connectivity index (χ3n) is 3.77. The summed E-state index contributed by atoms with van der Waals surface area (Å²) in [7, 11) is 1.98. The number of hydrogen-bond donors (Lipinski definition) is 0. The number of rotatable bonds is 2. The van der Waals surface area contributed by atoms with Crippen molar-refractivity contribution >= 4 is 16.9 Å². The van der Waals surface area contributed by atoms with Gasteiger partial charge < -0.3 is 9.47 Å². The molecule has 4 nitrogen and oxygen atoms in total. The largest absolute Gasteiger partial charge is 0.356 e. The lowest BCUT2D eigenvalue weighted by molar-refractivity contribution is 0.307. The molecule has 0 bridgehead atoms. The molecule has 1 aliphatic rings. The SMILES string of the molecule is Cn1ccc2c(N3CCC(CF)CC3)ncnc21. The quantitative estimate of drug-likeness (QED) is 0.816. The van der Waals surface area contributed by atoms with Gasteiger partial charge in [-0.2, -0.15) is 0 Å². The van der Waals surface area contributed by atoms with Crippen molar-refractivity contribution in [3.8, 4) is 0 Å². The standard InChI is InChI=1S/C13H17FN4/c1-17-5-4-11-12(17)15-9-16-13(11)18-6-2-10(8-14)3-7-18/h4-5,9-10H,2-3,6-8H2,1H3. The van der Waals surface area contributed by atoms with Crippen LogP contribution in [0.15, 0.2) is 18.6 Å². The molecule has 18 heavy (non-hydrogen) atoms. The lowest BCUT2D eigenvalue weighted by Crippen LogP contribution is -2.34. The third-order valence-corrected chi connectivity index (χ3v) is 3.77. The molecule has 96 valence electrons. The second-order valence-electron chi connectivity index (χ2n) is 4.95. The summed E-state index contributed by atoms with van der Waals surface area (Å²) in [5.41, 5.74) is 0.951. The number of anilines is 1. The van der Waals surface area contributed by atoms with E-state index in [2.05, 4.69) is 14.9 Å². The number of nitrogens with zero attached hydrogens (tertiary/aromatic N) is 4. The van der Waals surface area contributed by atoms with Gasteiger partial charge in [0.1, 0.15) is 17.8 Å². The van der Waals surface area contributed by atoms with E-state index in [0.717, 1.165) is 42.8 Å². The van der Waals surface area contributed by atoms with Crippen LogP contribution >= 0.6 is 0 Å². The zero-order valence-corrected chi connectivity index (χ0v) is 10.5. The van der Waals surface area contributed by atoms with Gasteiger partial charge in [-0.15, -0.1) is 0 Å². The zero-order valence-electron chi connectivity index (χ0n) is 10.5. The molecule has 3 rings (SSSR count). The van der Waals surface area contributed by atoms with Crippen LogP contribution in [0.4, 0.5) is 10.2 Å². The fourth-order valence-electron chi connectivity index (χ4n) is 2.62. The van der Waals surface area contributed by atoms with Crippen molar-refractivity contribution in [2.45, 2.75) is 12.8 Å².